The summed E-state index contributed by atoms with van der Waals surface area (Å²) in [4.78, 5) is 26.6. The molecule has 0 saturated carbocycles. The summed E-state index contributed by atoms with van der Waals surface area (Å²) in [5.74, 6) is -0.0752. The van der Waals surface area contributed by atoms with E-state index in [0.717, 1.165) is 11.2 Å². The number of ether oxygens (including phenoxy) is 1. The molecule has 2 amide bonds. The van der Waals surface area contributed by atoms with Crippen LogP contribution in [0.15, 0.2) is 48.9 Å². The van der Waals surface area contributed by atoms with Crippen LogP contribution in [0.2, 0.25) is 0 Å². The maximum atomic E-state index is 12.8. The summed E-state index contributed by atoms with van der Waals surface area (Å²) in [6.07, 6.45) is 5.49. The van der Waals surface area contributed by atoms with Gasteiger partial charge in [-0.1, -0.05) is 30.3 Å². The first-order valence-corrected chi connectivity index (χ1v) is 8.87. The zero-order valence-corrected chi connectivity index (χ0v) is 15.0. The van der Waals surface area contributed by atoms with Crippen LogP contribution in [0.5, 0.6) is 0 Å². The zero-order chi connectivity index (χ0) is 18.8. The SMILES string of the molecule is Cn1ccn2ncc(C(=O)N3CC[C@H](NC(=O)OCc4ccccc4)C3)c12. The van der Waals surface area contributed by atoms with Gasteiger partial charge in [0, 0.05) is 32.5 Å². The first-order valence-electron chi connectivity index (χ1n) is 8.87. The van der Waals surface area contributed by atoms with Crippen molar-refractivity contribution in [2.24, 2.45) is 7.05 Å². The number of carbonyl (C=O) groups is 2. The minimum absolute atomic E-state index is 0.0752. The molecule has 1 aliphatic rings. The highest BCUT2D eigenvalue weighted by molar-refractivity contribution is 6.00. The number of aromatic nitrogens is 3. The molecule has 1 N–H and O–H groups in total. The van der Waals surface area contributed by atoms with Crippen molar-refractivity contribution in [1.29, 1.82) is 0 Å². The second-order valence-corrected chi connectivity index (χ2v) is 6.68. The monoisotopic (exact) mass is 367 g/mol. The zero-order valence-electron chi connectivity index (χ0n) is 15.0. The highest BCUT2D eigenvalue weighted by Crippen LogP contribution is 2.18. The number of rotatable bonds is 4. The van der Waals surface area contributed by atoms with Gasteiger partial charge in [0.05, 0.1) is 12.2 Å². The standard InChI is InChI=1S/C19H21N5O3/c1-22-9-10-24-17(22)16(11-20-24)18(25)23-8-7-15(12-23)21-19(26)27-13-14-5-3-2-4-6-14/h2-6,9-11,15H,7-8,12-13H2,1H3,(H,21,26)/t15-/m0/s1. The summed E-state index contributed by atoms with van der Waals surface area (Å²) in [6, 6.07) is 9.41. The molecule has 27 heavy (non-hydrogen) atoms. The topological polar surface area (TPSA) is 80.9 Å². The van der Waals surface area contributed by atoms with Crippen LogP contribution >= 0.6 is 0 Å². The van der Waals surface area contributed by atoms with Gasteiger partial charge in [0.2, 0.25) is 0 Å². The van der Waals surface area contributed by atoms with Gasteiger partial charge in [0.15, 0.2) is 0 Å². The van der Waals surface area contributed by atoms with Crippen LogP contribution in [0, 0.1) is 0 Å². The summed E-state index contributed by atoms with van der Waals surface area (Å²) >= 11 is 0. The minimum atomic E-state index is -0.464. The van der Waals surface area contributed by atoms with Crippen LogP contribution < -0.4 is 5.32 Å². The third-order valence-corrected chi connectivity index (χ3v) is 4.78. The minimum Gasteiger partial charge on any atom is -0.445 e. The summed E-state index contributed by atoms with van der Waals surface area (Å²) in [7, 11) is 1.88. The molecule has 3 aromatic rings. The van der Waals surface area contributed by atoms with Gasteiger partial charge in [-0.2, -0.15) is 5.10 Å². The second kappa shape index (κ2) is 7.14. The van der Waals surface area contributed by atoms with Crippen molar-refractivity contribution in [1.82, 2.24) is 24.4 Å². The molecule has 0 bridgehead atoms. The largest absolute Gasteiger partial charge is 0.445 e. The molecule has 1 aliphatic heterocycles. The number of fused-ring (bicyclic) bond motifs is 1. The van der Waals surface area contributed by atoms with E-state index in [1.165, 1.54) is 0 Å². The lowest BCUT2D eigenvalue weighted by atomic mass is 10.2. The van der Waals surface area contributed by atoms with E-state index in [1.807, 2.05) is 54.3 Å². The molecule has 0 aliphatic carbocycles. The molecule has 0 unspecified atom stereocenters. The number of likely N-dealkylation sites (tertiary alicyclic amines) is 1. The van der Waals surface area contributed by atoms with Crippen molar-refractivity contribution in [3.05, 3.63) is 60.0 Å². The molecule has 2 aromatic heterocycles. The number of amides is 2. The maximum Gasteiger partial charge on any atom is 0.407 e. The Morgan fingerprint density at radius 3 is 2.89 bits per heavy atom. The van der Waals surface area contributed by atoms with Gasteiger partial charge in [0.1, 0.15) is 17.8 Å². The number of alkyl carbamates (subject to hydrolysis) is 1. The van der Waals surface area contributed by atoms with Crippen molar-refractivity contribution in [2.45, 2.75) is 19.1 Å². The molecule has 4 rings (SSSR count). The first-order chi connectivity index (χ1) is 13.1. The normalized spacial score (nSPS) is 16.6. The lowest BCUT2D eigenvalue weighted by Crippen LogP contribution is -2.38. The second-order valence-electron chi connectivity index (χ2n) is 6.68. The third-order valence-electron chi connectivity index (χ3n) is 4.78. The fourth-order valence-electron chi connectivity index (χ4n) is 3.37. The predicted octanol–water partition coefficient (Wildman–Crippen LogP) is 1.81. The Bertz CT molecular complexity index is 962. The lowest BCUT2D eigenvalue weighted by molar-refractivity contribution is 0.0788. The summed E-state index contributed by atoms with van der Waals surface area (Å²) < 4.78 is 8.80. The number of aryl methyl sites for hydroxylation is 1. The number of imidazole rings is 1. The maximum absolute atomic E-state index is 12.8. The van der Waals surface area contributed by atoms with Gasteiger partial charge in [0.25, 0.3) is 5.91 Å². The molecule has 140 valence electrons. The molecule has 1 aromatic carbocycles. The fourth-order valence-corrected chi connectivity index (χ4v) is 3.37. The van der Waals surface area contributed by atoms with Gasteiger partial charge >= 0.3 is 6.09 Å². The van der Waals surface area contributed by atoms with Gasteiger partial charge in [-0.05, 0) is 12.0 Å². The average Bonchev–Trinajstić information content (AvgIpc) is 3.39. The van der Waals surface area contributed by atoms with E-state index in [2.05, 4.69) is 10.4 Å². The molecule has 3 heterocycles. The van der Waals surface area contributed by atoms with Crippen LogP contribution in [0.25, 0.3) is 5.65 Å². The third kappa shape index (κ3) is 3.51. The number of nitrogens with one attached hydrogen (secondary N) is 1. The predicted molar refractivity (Wildman–Crippen MR) is 98.2 cm³/mol. The number of benzene rings is 1. The van der Waals surface area contributed by atoms with Crippen molar-refractivity contribution in [3.63, 3.8) is 0 Å². The molecule has 1 fully saturated rings. The number of hydrogen-bond donors (Lipinski definition) is 1. The van der Waals surface area contributed by atoms with Gasteiger partial charge in [-0.15, -0.1) is 0 Å². The molecular formula is C19H21N5O3. The van der Waals surface area contributed by atoms with Crippen molar-refractivity contribution in [3.8, 4) is 0 Å². The van der Waals surface area contributed by atoms with E-state index in [4.69, 9.17) is 4.74 Å². The average molecular weight is 367 g/mol. The number of carbonyl (C=O) groups excluding carboxylic acids is 2. The van der Waals surface area contributed by atoms with Crippen LogP contribution in [0.1, 0.15) is 22.3 Å². The van der Waals surface area contributed by atoms with E-state index in [9.17, 15) is 9.59 Å². The molecular weight excluding hydrogens is 346 g/mol. The molecule has 8 heteroatoms. The highest BCUT2D eigenvalue weighted by Gasteiger charge is 2.30. The van der Waals surface area contributed by atoms with Gasteiger partial charge in [-0.3, -0.25) is 4.79 Å². The molecule has 1 saturated heterocycles. The summed E-state index contributed by atoms with van der Waals surface area (Å²) in [5.41, 5.74) is 2.26. The Morgan fingerprint density at radius 1 is 1.26 bits per heavy atom. The molecule has 0 radical (unpaired) electrons. The van der Waals surface area contributed by atoms with Crippen LogP contribution in [0.4, 0.5) is 4.79 Å². The Labute approximate surface area is 156 Å². The Balaban J connectivity index is 1.32. The van der Waals surface area contributed by atoms with Crippen LogP contribution in [0.3, 0.4) is 0 Å². The number of nitrogens with zero attached hydrogens (tertiary/aromatic N) is 4. The van der Waals surface area contributed by atoms with E-state index in [0.29, 0.717) is 25.1 Å². The smallest absolute Gasteiger partial charge is 0.407 e. The van der Waals surface area contributed by atoms with E-state index < -0.39 is 6.09 Å². The summed E-state index contributed by atoms with van der Waals surface area (Å²) in [5, 5.41) is 7.05. The van der Waals surface area contributed by atoms with Crippen molar-refractivity contribution < 1.29 is 14.3 Å². The molecule has 8 nitrogen and oxygen atoms in total. The quantitative estimate of drug-likeness (QED) is 0.763. The Morgan fingerprint density at radius 2 is 2.07 bits per heavy atom. The number of hydrogen-bond acceptors (Lipinski definition) is 4. The van der Waals surface area contributed by atoms with E-state index in [-0.39, 0.29) is 18.6 Å². The first kappa shape index (κ1) is 17.1. The summed E-state index contributed by atoms with van der Waals surface area (Å²) in [6.45, 7) is 1.27. The Hall–Kier alpha value is -3.29. The van der Waals surface area contributed by atoms with Crippen molar-refractivity contribution in [2.75, 3.05) is 13.1 Å². The van der Waals surface area contributed by atoms with E-state index in [1.54, 1.807) is 15.6 Å². The molecule has 1 atom stereocenters. The Kier molecular flexibility index (Phi) is 4.53. The highest BCUT2D eigenvalue weighted by atomic mass is 16.5. The van der Waals surface area contributed by atoms with Crippen molar-refractivity contribution >= 4 is 17.6 Å². The van der Waals surface area contributed by atoms with Gasteiger partial charge < -0.3 is 19.5 Å². The fraction of sp³-hybridized carbons (Fsp3) is 0.316. The molecule has 0 spiro atoms. The lowest BCUT2D eigenvalue weighted by Gasteiger charge is -2.16. The van der Waals surface area contributed by atoms with E-state index >= 15 is 0 Å². The van der Waals surface area contributed by atoms with Crippen LogP contribution in [-0.4, -0.2) is 50.2 Å². The van der Waals surface area contributed by atoms with Crippen LogP contribution in [-0.2, 0) is 18.4 Å². The van der Waals surface area contributed by atoms with Gasteiger partial charge in [-0.25, -0.2) is 9.31 Å².